The molecule has 150 valence electrons. The molecule has 0 radical (unpaired) electrons. The van der Waals surface area contributed by atoms with Gasteiger partial charge in [-0.15, -0.1) is 11.3 Å². The molecule has 1 aliphatic heterocycles. The van der Waals surface area contributed by atoms with Crippen LogP contribution in [0.25, 0.3) is 10.2 Å². The largest absolute Gasteiger partial charge is 0.324 e. The number of benzene rings is 2. The van der Waals surface area contributed by atoms with Gasteiger partial charge in [0.15, 0.2) is 0 Å². The third kappa shape index (κ3) is 3.88. The number of hydrogen-bond acceptors (Lipinski definition) is 5. The summed E-state index contributed by atoms with van der Waals surface area (Å²) in [6.07, 6.45) is 0.275. The highest BCUT2D eigenvalue weighted by atomic mass is 32.1. The lowest BCUT2D eigenvalue weighted by molar-refractivity contribution is -0.120. The van der Waals surface area contributed by atoms with E-state index in [0.29, 0.717) is 5.69 Å². The van der Waals surface area contributed by atoms with E-state index < -0.39 is 0 Å². The van der Waals surface area contributed by atoms with Crippen molar-refractivity contribution in [2.75, 3.05) is 23.8 Å². The highest BCUT2D eigenvalue weighted by Crippen LogP contribution is 2.32. The van der Waals surface area contributed by atoms with Crippen molar-refractivity contribution >= 4 is 44.7 Å². The van der Waals surface area contributed by atoms with Crippen molar-refractivity contribution in [2.45, 2.75) is 32.4 Å². The number of anilines is 2. The van der Waals surface area contributed by atoms with Gasteiger partial charge in [0, 0.05) is 12.5 Å². The third-order valence-electron chi connectivity index (χ3n) is 5.34. The monoisotopic (exact) mass is 408 g/mol. The molecule has 2 amide bonds. The van der Waals surface area contributed by atoms with Gasteiger partial charge in [-0.2, -0.15) is 0 Å². The van der Waals surface area contributed by atoms with Crippen LogP contribution in [-0.2, 0) is 9.59 Å². The molecule has 0 saturated heterocycles. The van der Waals surface area contributed by atoms with E-state index in [1.54, 1.807) is 16.2 Å². The fourth-order valence-corrected chi connectivity index (χ4v) is 4.74. The van der Waals surface area contributed by atoms with Gasteiger partial charge in [0.05, 0.1) is 34.2 Å². The topological polar surface area (TPSA) is 65.5 Å². The van der Waals surface area contributed by atoms with Gasteiger partial charge in [-0.1, -0.05) is 24.3 Å². The van der Waals surface area contributed by atoms with Gasteiger partial charge in [0.25, 0.3) is 0 Å². The molecule has 3 aromatic rings. The Morgan fingerprint density at radius 3 is 2.79 bits per heavy atom. The van der Waals surface area contributed by atoms with E-state index in [1.807, 2.05) is 61.3 Å². The van der Waals surface area contributed by atoms with E-state index >= 15 is 0 Å². The Morgan fingerprint density at radius 2 is 2.00 bits per heavy atom. The second-order valence-electron chi connectivity index (χ2n) is 7.49. The second-order valence-corrected chi connectivity index (χ2v) is 8.56. The maximum Gasteiger partial charge on any atom is 0.241 e. The molecule has 0 spiro atoms. The van der Waals surface area contributed by atoms with Crippen molar-refractivity contribution < 1.29 is 9.59 Å². The molecule has 0 fully saturated rings. The molecular formula is C22H24N4O2S. The van der Waals surface area contributed by atoms with E-state index in [1.165, 1.54) is 0 Å². The van der Waals surface area contributed by atoms with Crippen molar-refractivity contribution in [2.24, 2.45) is 0 Å². The van der Waals surface area contributed by atoms with Crippen LogP contribution in [0.3, 0.4) is 0 Å². The number of rotatable bonds is 4. The molecule has 1 aromatic heterocycles. The van der Waals surface area contributed by atoms with Gasteiger partial charge in [-0.3, -0.25) is 14.5 Å². The predicted molar refractivity (Wildman–Crippen MR) is 117 cm³/mol. The Balaban J connectivity index is 1.55. The minimum Gasteiger partial charge on any atom is -0.324 e. The zero-order chi connectivity index (χ0) is 20.5. The maximum absolute atomic E-state index is 13.3. The standard InChI is InChI=1S/C22H24N4O2S/c1-14-12-20(27)23-16-8-4-6-10-18(16)26(14)21(28)13-25(3)15(2)22-24-17-9-5-7-11-19(17)29-22/h4-11,14-15H,12-13H2,1-3H3,(H,23,27)/t14-,15+/m1/s1. The van der Waals surface area contributed by atoms with Crippen LogP contribution in [0.1, 0.15) is 31.3 Å². The Morgan fingerprint density at radius 1 is 1.28 bits per heavy atom. The van der Waals surface area contributed by atoms with E-state index in [-0.39, 0.29) is 36.9 Å². The summed E-state index contributed by atoms with van der Waals surface area (Å²) in [6, 6.07) is 15.3. The molecular weight excluding hydrogens is 384 g/mol. The zero-order valence-electron chi connectivity index (χ0n) is 16.8. The molecule has 0 aliphatic carbocycles. The van der Waals surface area contributed by atoms with Crippen molar-refractivity contribution in [3.05, 3.63) is 53.5 Å². The first kappa shape index (κ1) is 19.5. The normalized spacial score (nSPS) is 17.7. The fraction of sp³-hybridized carbons (Fsp3) is 0.318. The SMILES string of the molecule is C[C@@H]1CC(=O)Nc2ccccc2N1C(=O)CN(C)[C@@H](C)c1nc2ccccc2s1. The second kappa shape index (κ2) is 7.93. The fourth-order valence-electron chi connectivity index (χ4n) is 3.65. The summed E-state index contributed by atoms with van der Waals surface area (Å²) in [7, 11) is 1.94. The van der Waals surface area contributed by atoms with Crippen LogP contribution in [0, 0.1) is 0 Å². The Bertz CT molecular complexity index is 1030. The number of amides is 2. The summed E-state index contributed by atoms with van der Waals surface area (Å²) in [5, 5.41) is 3.89. The number of carbonyl (C=O) groups excluding carboxylic acids is 2. The van der Waals surface area contributed by atoms with Crippen LogP contribution in [0.2, 0.25) is 0 Å². The number of carbonyl (C=O) groups is 2. The summed E-state index contributed by atoms with van der Waals surface area (Å²) < 4.78 is 1.15. The Kier molecular flexibility index (Phi) is 5.34. The van der Waals surface area contributed by atoms with Crippen LogP contribution in [0.5, 0.6) is 0 Å². The van der Waals surface area contributed by atoms with Crippen LogP contribution in [-0.4, -0.2) is 41.3 Å². The molecule has 0 unspecified atom stereocenters. The van der Waals surface area contributed by atoms with Gasteiger partial charge in [-0.25, -0.2) is 4.98 Å². The van der Waals surface area contributed by atoms with Gasteiger partial charge in [-0.05, 0) is 45.2 Å². The summed E-state index contributed by atoms with van der Waals surface area (Å²) in [4.78, 5) is 33.9. The van der Waals surface area contributed by atoms with Crippen molar-refractivity contribution in [1.29, 1.82) is 0 Å². The first-order chi connectivity index (χ1) is 13.9. The molecule has 2 heterocycles. The molecule has 2 atom stereocenters. The van der Waals surface area contributed by atoms with Crippen molar-refractivity contribution in [1.82, 2.24) is 9.88 Å². The van der Waals surface area contributed by atoms with Crippen LogP contribution < -0.4 is 10.2 Å². The first-order valence-corrected chi connectivity index (χ1v) is 10.5. The number of thiazole rings is 1. The average molecular weight is 409 g/mol. The maximum atomic E-state index is 13.3. The number of hydrogen-bond donors (Lipinski definition) is 1. The van der Waals surface area contributed by atoms with Crippen molar-refractivity contribution in [3.8, 4) is 0 Å². The average Bonchev–Trinajstić information content (AvgIpc) is 3.07. The first-order valence-electron chi connectivity index (χ1n) is 9.70. The molecule has 7 heteroatoms. The van der Waals surface area contributed by atoms with E-state index in [9.17, 15) is 9.59 Å². The number of nitrogens with one attached hydrogen (secondary N) is 1. The van der Waals surface area contributed by atoms with E-state index in [0.717, 1.165) is 20.9 Å². The van der Waals surface area contributed by atoms with Crippen LogP contribution in [0.15, 0.2) is 48.5 Å². The number of para-hydroxylation sites is 3. The van der Waals surface area contributed by atoms with Crippen LogP contribution >= 0.6 is 11.3 Å². The molecule has 6 nitrogen and oxygen atoms in total. The molecule has 0 bridgehead atoms. The van der Waals surface area contributed by atoms with Crippen LogP contribution in [0.4, 0.5) is 11.4 Å². The molecule has 1 aliphatic rings. The lowest BCUT2D eigenvalue weighted by atomic mass is 10.1. The third-order valence-corrected chi connectivity index (χ3v) is 6.55. The molecule has 4 rings (SSSR count). The number of likely N-dealkylation sites (N-methyl/N-ethyl adjacent to an activating group) is 1. The number of fused-ring (bicyclic) bond motifs is 2. The van der Waals surface area contributed by atoms with Gasteiger partial charge in [0.1, 0.15) is 5.01 Å². The smallest absolute Gasteiger partial charge is 0.241 e. The highest BCUT2D eigenvalue weighted by molar-refractivity contribution is 7.18. The van der Waals surface area contributed by atoms with Gasteiger partial charge >= 0.3 is 0 Å². The predicted octanol–water partition coefficient (Wildman–Crippen LogP) is 4.05. The summed E-state index contributed by atoms with van der Waals surface area (Å²) in [5.74, 6) is -0.103. The molecule has 2 aromatic carbocycles. The number of aromatic nitrogens is 1. The van der Waals surface area contributed by atoms with Gasteiger partial charge in [0.2, 0.25) is 11.8 Å². The molecule has 0 saturated carbocycles. The lowest BCUT2D eigenvalue weighted by Crippen LogP contribution is -2.44. The van der Waals surface area contributed by atoms with Crippen molar-refractivity contribution in [3.63, 3.8) is 0 Å². The Hall–Kier alpha value is -2.77. The Labute approximate surface area is 174 Å². The van der Waals surface area contributed by atoms with E-state index in [2.05, 4.69) is 18.3 Å². The van der Waals surface area contributed by atoms with E-state index in [4.69, 9.17) is 4.98 Å². The summed E-state index contributed by atoms with van der Waals surface area (Å²) in [6.45, 7) is 4.22. The number of nitrogens with zero attached hydrogens (tertiary/aromatic N) is 3. The lowest BCUT2D eigenvalue weighted by Gasteiger charge is -2.31. The highest BCUT2D eigenvalue weighted by Gasteiger charge is 2.31. The minimum absolute atomic E-state index is 0.00800. The minimum atomic E-state index is -0.211. The molecule has 1 N–H and O–H groups in total. The zero-order valence-corrected chi connectivity index (χ0v) is 17.6. The molecule has 29 heavy (non-hydrogen) atoms. The summed E-state index contributed by atoms with van der Waals surface area (Å²) in [5.41, 5.74) is 2.41. The van der Waals surface area contributed by atoms with Gasteiger partial charge < -0.3 is 10.2 Å². The quantitative estimate of drug-likeness (QED) is 0.707. The summed E-state index contributed by atoms with van der Waals surface area (Å²) >= 11 is 1.66.